The van der Waals surface area contributed by atoms with Crippen LogP contribution >= 0.6 is 11.8 Å². The predicted molar refractivity (Wildman–Crippen MR) is 82.9 cm³/mol. The minimum Gasteiger partial charge on any atom is -0.467 e. The van der Waals surface area contributed by atoms with Gasteiger partial charge in [-0.25, -0.2) is 9.79 Å². The van der Waals surface area contributed by atoms with E-state index >= 15 is 0 Å². The van der Waals surface area contributed by atoms with Gasteiger partial charge in [-0.3, -0.25) is 0 Å². The number of nitrogens with zero attached hydrogens (tertiary/aromatic N) is 1. The Kier molecular flexibility index (Phi) is 4.70. The van der Waals surface area contributed by atoms with Crippen molar-refractivity contribution in [1.29, 1.82) is 0 Å². The topological polar surface area (TPSA) is 50.7 Å². The third kappa shape index (κ3) is 3.76. The van der Waals surface area contributed by atoms with Gasteiger partial charge in [0.15, 0.2) is 11.2 Å². The Morgan fingerprint density at radius 1 is 1.40 bits per heavy atom. The molecule has 1 aromatic rings. The molecule has 0 radical (unpaired) electrons. The van der Waals surface area contributed by atoms with E-state index in [1.807, 2.05) is 30.3 Å². The highest BCUT2D eigenvalue weighted by Gasteiger charge is 2.27. The van der Waals surface area contributed by atoms with E-state index in [1.165, 1.54) is 7.11 Å². The summed E-state index contributed by atoms with van der Waals surface area (Å²) in [4.78, 5) is 16.5. The van der Waals surface area contributed by atoms with Crippen LogP contribution in [-0.4, -0.2) is 29.5 Å². The number of aliphatic imine (C=N–C) groups is 1. The normalized spacial score (nSPS) is 21.1. The molecule has 2 rings (SSSR count). The van der Waals surface area contributed by atoms with Gasteiger partial charge in [0.05, 0.1) is 7.11 Å². The first-order valence-corrected chi connectivity index (χ1v) is 7.62. The fourth-order valence-electron chi connectivity index (χ4n) is 1.99. The Morgan fingerprint density at radius 3 is 2.70 bits per heavy atom. The van der Waals surface area contributed by atoms with Crippen molar-refractivity contribution in [2.45, 2.75) is 31.8 Å². The number of hydrogen-bond donors (Lipinski definition) is 1. The molecule has 1 aliphatic heterocycles. The van der Waals surface area contributed by atoms with Gasteiger partial charge < -0.3 is 10.1 Å². The second kappa shape index (κ2) is 6.31. The van der Waals surface area contributed by atoms with Crippen LogP contribution in [0.15, 0.2) is 35.3 Å². The molecule has 1 atom stereocenters. The molecule has 108 valence electrons. The van der Waals surface area contributed by atoms with Gasteiger partial charge in [-0.1, -0.05) is 42.1 Å². The maximum atomic E-state index is 12.0. The van der Waals surface area contributed by atoms with Crippen LogP contribution in [0.1, 0.15) is 31.9 Å². The minimum atomic E-state index is -0.606. The second-order valence-corrected chi connectivity index (χ2v) is 6.46. The van der Waals surface area contributed by atoms with E-state index in [2.05, 4.69) is 24.2 Å². The zero-order valence-electron chi connectivity index (χ0n) is 12.1. The van der Waals surface area contributed by atoms with Gasteiger partial charge in [-0.15, -0.1) is 0 Å². The first kappa shape index (κ1) is 14.9. The lowest BCUT2D eigenvalue weighted by Gasteiger charge is -2.32. The molecule has 0 amide bonds. The van der Waals surface area contributed by atoms with E-state index < -0.39 is 6.04 Å². The van der Waals surface area contributed by atoms with Crippen molar-refractivity contribution >= 4 is 22.9 Å². The molecule has 1 fully saturated rings. The van der Waals surface area contributed by atoms with Gasteiger partial charge in [0.25, 0.3) is 0 Å². The highest BCUT2D eigenvalue weighted by Crippen LogP contribution is 2.25. The molecule has 0 aromatic heterocycles. The van der Waals surface area contributed by atoms with E-state index in [9.17, 15) is 4.79 Å². The van der Waals surface area contributed by atoms with Crippen LogP contribution in [0.25, 0.3) is 0 Å². The zero-order chi connectivity index (χ0) is 14.6. The van der Waals surface area contributed by atoms with Crippen molar-refractivity contribution in [3.63, 3.8) is 0 Å². The van der Waals surface area contributed by atoms with Gasteiger partial charge in [-0.05, 0) is 25.8 Å². The first-order chi connectivity index (χ1) is 9.52. The van der Waals surface area contributed by atoms with Crippen molar-refractivity contribution in [2.24, 2.45) is 4.99 Å². The molecule has 0 saturated carbocycles. The van der Waals surface area contributed by atoms with Gasteiger partial charge in [0.1, 0.15) is 0 Å². The Hall–Kier alpha value is -1.49. The number of carbonyl (C=O) groups excluding carboxylic acids is 1. The average molecular weight is 292 g/mol. The molecule has 1 aromatic carbocycles. The number of hydrogen-bond acceptors (Lipinski definition) is 4. The number of thioether (sulfide) groups is 1. The molecule has 1 unspecified atom stereocenters. The summed E-state index contributed by atoms with van der Waals surface area (Å²) in [7, 11) is 1.39. The molecular weight excluding hydrogens is 272 g/mol. The van der Waals surface area contributed by atoms with Crippen molar-refractivity contribution in [3.05, 3.63) is 35.9 Å². The Labute approximate surface area is 124 Å². The van der Waals surface area contributed by atoms with E-state index in [0.717, 1.165) is 22.9 Å². The smallest absolute Gasteiger partial charge is 0.335 e. The predicted octanol–water partition coefficient (Wildman–Crippen LogP) is 2.76. The summed E-state index contributed by atoms with van der Waals surface area (Å²) in [5.41, 5.74) is 0.860. The third-order valence-corrected chi connectivity index (χ3v) is 4.09. The van der Waals surface area contributed by atoms with Crippen LogP contribution in [0.2, 0.25) is 0 Å². The quantitative estimate of drug-likeness (QED) is 0.870. The molecule has 4 nitrogen and oxygen atoms in total. The molecule has 20 heavy (non-hydrogen) atoms. The van der Waals surface area contributed by atoms with Crippen molar-refractivity contribution in [1.82, 2.24) is 5.32 Å². The number of carbonyl (C=O) groups is 1. The molecule has 1 saturated heterocycles. The number of amidine groups is 1. The van der Waals surface area contributed by atoms with E-state index in [4.69, 9.17) is 4.74 Å². The van der Waals surface area contributed by atoms with Gasteiger partial charge >= 0.3 is 5.97 Å². The Balaban J connectivity index is 2.26. The van der Waals surface area contributed by atoms with Crippen LogP contribution in [-0.2, 0) is 9.53 Å². The summed E-state index contributed by atoms with van der Waals surface area (Å²) in [5.74, 6) is 0.663. The molecular formula is C15H20N2O2S. The minimum absolute atomic E-state index is 0.0153. The summed E-state index contributed by atoms with van der Waals surface area (Å²) >= 11 is 1.65. The number of methoxy groups -OCH3 is 1. The molecule has 1 heterocycles. The number of esters is 1. The highest BCUT2D eigenvalue weighted by molar-refractivity contribution is 8.13. The number of ether oxygens (including phenoxy) is 1. The summed E-state index contributed by atoms with van der Waals surface area (Å²) in [6.07, 6.45) is 1.07. The molecule has 5 heteroatoms. The number of benzene rings is 1. The molecule has 0 spiro atoms. The lowest BCUT2D eigenvalue weighted by atomic mass is 10.0. The lowest BCUT2D eigenvalue weighted by molar-refractivity contribution is -0.142. The second-order valence-electron chi connectivity index (χ2n) is 5.38. The van der Waals surface area contributed by atoms with Crippen LogP contribution < -0.4 is 5.32 Å². The van der Waals surface area contributed by atoms with Crippen LogP contribution in [0.5, 0.6) is 0 Å². The number of nitrogens with one attached hydrogen (secondary N) is 1. The van der Waals surface area contributed by atoms with Crippen molar-refractivity contribution < 1.29 is 9.53 Å². The summed E-state index contributed by atoms with van der Waals surface area (Å²) < 4.78 is 4.88. The summed E-state index contributed by atoms with van der Waals surface area (Å²) in [6.45, 7) is 4.27. The monoisotopic (exact) mass is 292 g/mol. The summed E-state index contributed by atoms with van der Waals surface area (Å²) in [6, 6.07) is 8.90. The van der Waals surface area contributed by atoms with Crippen LogP contribution in [0, 0.1) is 0 Å². The van der Waals surface area contributed by atoms with Gasteiger partial charge in [0.2, 0.25) is 0 Å². The molecule has 0 bridgehead atoms. The largest absolute Gasteiger partial charge is 0.467 e. The maximum absolute atomic E-state index is 12.0. The Morgan fingerprint density at radius 2 is 2.10 bits per heavy atom. The average Bonchev–Trinajstić information content (AvgIpc) is 2.44. The van der Waals surface area contributed by atoms with Crippen molar-refractivity contribution in [2.75, 3.05) is 12.9 Å². The van der Waals surface area contributed by atoms with Gasteiger partial charge in [0, 0.05) is 11.3 Å². The van der Waals surface area contributed by atoms with E-state index in [-0.39, 0.29) is 11.5 Å². The zero-order valence-corrected chi connectivity index (χ0v) is 12.9. The lowest BCUT2D eigenvalue weighted by Crippen LogP contribution is -2.46. The summed E-state index contributed by atoms with van der Waals surface area (Å²) in [5, 5.41) is 4.18. The Bertz CT molecular complexity index is 500. The van der Waals surface area contributed by atoms with Crippen LogP contribution in [0.4, 0.5) is 0 Å². The number of rotatable bonds is 3. The SMILES string of the molecule is COC(=O)C(N=C1NC(C)(C)CCS1)c1ccccc1. The molecule has 1 aliphatic rings. The highest BCUT2D eigenvalue weighted by atomic mass is 32.2. The first-order valence-electron chi connectivity index (χ1n) is 6.63. The third-order valence-electron chi connectivity index (χ3n) is 3.20. The van der Waals surface area contributed by atoms with E-state index in [1.54, 1.807) is 11.8 Å². The fraction of sp³-hybridized carbons (Fsp3) is 0.467. The molecule has 0 aliphatic carbocycles. The van der Waals surface area contributed by atoms with E-state index in [0.29, 0.717) is 0 Å². The van der Waals surface area contributed by atoms with Crippen molar-refractivity contribution in [3.8, 4) is 0 Å². The van der Waals surface area contributed by atoms with Gasteiger partial charge in [-0.2, -0.15) is 0 Å². The standard InChI is InChI=1S/C15H20N2O2S/c1-15(2)9-10-20-14(17-15)16-12(13(18)19-3)11-7-5-4-6-8-11/h4-8,12H,9-10H2,1-3H3,(H,16,17). The molecule has 1 N–H and O–H groups in total. The van der Waals surface area contributed by atoms with Crippen LogP contribution in [0.3, 0.4) is 0 Å². The fourth-order valence-corrected chi connectivity index (χ4v) is 3.32. The maximum Gasteiger partial charge on any atom is 0.335 e.